The van der Waals surface area contributed by atoms with E-state index in [9.17, 15) is 0 Å². The molecule has 0 aromatic heterocycles. The zero-order valence-electron chi connectivity index (χ0n) is 13.8. The second-order valence-corrected chi connectivity index (χ2v) is 5.65. The average molecular weight is 318 g/mol. The maximum absolute atomic E-state index is 6.39. The van der Waals surface area contributed by atoms with Gasteiger partial charge in [-0.05, 0) is 24.1 Å². The highest BCUT2D eigenvalue weighted by molar-refractivity contribution is 5.71. The molecule has 4 N–H and O–H groups in total. The fourth-order valence-corrected chi connectivity index (χ4v) is 3.17. The van der Waals surface area contributed by atoms with Crippen molar-refractivity contribution in [2.75, 3.05) is 18.1 Å². The van der Waals surface area contributed by atoms with E-state index >= 15 is 0 Å². The minimum absolute atomic E-state index is 0.540. The van der Waals surface area contributed by atoms with Crippen molar-refractivity contribution in [2.45, 2.75) is 12.5 Å². The van der Waals surface area contributed by atoms with E-state index in [2.05, 4.69) is 24.3 Å². The molecule has 0 amide bonds. The van der Waals surface area contributed by atoms with Gasteiger partial charge in [-0.3, -0.25) is 0 Å². The van der Waals surface area contributed by atoms with Crippen molar-refractivity contribution in [1.82, 2.24) is 0 Å². The lowest BCUT2D eigenvalue weighted by atomic mass is 9.79. The number of benzene rings is 3. The summed E-state index contributed by atoms with van der Waals surface area (Å²) in [6.07, 6.45) is 0. The van der Waals surface area contributed by atoms with Crippen LogP contribution in [0.2, 0.25) is 0 Å². The summed E-state index contributed by atoms with van der Waals surface area (Å²) < 4.78 is 6.39. The Morgan fingerprint density at radius 3 is 1.79 bits per heavy atom. The van der Waals surface area contributed by atoms with Gasteiger partial charge in [-0.2, -0.15) is 0 Å². The maximum atomic E-state index is 6.39. The molecule has 3 heteroatoms. The highest BCUT2D eigenvalue weighted by Gasteiger charge is 2.39. The van der Waals surface area contributed by atoms with Crippen molar-refractivity contribution in [3.63, 3.8) is 0 Å². The summed E-state index contributed by atoms with van der Waals surface area (Å²) in [6, 6.07) is 26.0. The Bertz CT molecular complexity index is 761. The topological polar surface area (TPSA) is 61.3 Å². The van der Waals surface area contributed by atoms with Crippen molar-refractivity contribution in [1.29, 1.82) is 0 Å². The van der Waals surface area contributed by atoms with Crippen LogP contribution in [0.5, 0.6) is 0 Å². The summed E-state index contributed by atoms with van der Waals surface area (Å²) in [4.78, 5) is 0. The molecular weight excluding hydrogens is 296 g/mol. The van der Waals surface area contributed by atoms with Crippen molar-refractivity contribution in [2.24, 2.45) is 0 Å². The van der Waals surface area contributed by atoms with Gasteiger partial charge in [-0.15, -0.1) is 0 Å². The summed E-state index contributed by atoms with van der Waals surface area (Å²) in [5.74, 6) is 0. The Balaban J connectivity index is 2.37. The number of nitrogens with two attached hydrogens (primary N) is 2. The van der Waals surface area contributed by atoms with Crippen LogP contribution in [0.15, 0.2) is 78.9 Å². The average Bonchev–Trinajstić information content (AvgIpc) is 2.64. The quantitative estimate of drug-likeness (QED) is 0.548. The zero-order chi connectivity index (χ0) is 17.0. The lowest BCUT2D eigenvalue weighted by Crippen LogP contribution is -2.34. The highest BCUT2D eigenvalue weighted by Crippen LogP contribution is 2.43. The van der Waals surface area contributed by atoms with Crippen molar-refractivity contribution in [3.8, 4) is 0 Å². The van der Waals surface area contributed by atoms with Gasteiger partial charge in [0.25, 0.3) is 0 Å². The van der Waals surface area contributed by atoms with Crippen molar-refractivity contribution in [3.05, 3.63) is 95.6 Å². The van der Waals surface area contributed by atoms with Crippen LogP contribution < -0.4 is 11.5 Å². The first-order chi connectivity index (χ1) is 11.7. The molecule has 0 saturated carbocycles. The van der Waals surface area contributed by atoms with Crippen LogP contribution in [-0.2, 0) is 10.3 Å². The van der Waals surface area contributed by atoms with E-state index in [1.54, 1.807) is 0 Å². The second kappa shape index (κ2) is 6.77. The molecule has 0 unspecified atom stereocenters. The Hall–Kier alpha value is -2.78. The predicted molar refractivity (Wildman–Crippen MR) is 99.7 cm³/mol. The molecule has 0 aliphatic carbocycles. The summed E-state index contributed by atoms with van der Waals surface area (Å²) >= 11 is 0. The smallest absolute Gasteiger partial charge is 0.145 e. The van der Waals surface area contributed by atoms with Gasteiger partial charge < -0.3 is 16.2 Å². The summed E-state index contributed by atoms with van der Waals surface area (Å²) in [5, 5.41) is 0. The van der Waals surface area contributed by atoms with E-state index in [4.69, 9.17) is 16.2 Å². The molecule has 0 aliphatic heterocycles. The minimum atomic E-state index is -0.795. The SMILES string of the molecule is CCOC(c1ccccc1)(c1ccccc1)c1cccc(N)c1N. The van der Waals surface area contributed by atoms with Crippen LogP contribution in [-0.4, -0.2) is 6.61 Å². The normalized spacial score (nSPS) is 11.4. The third-order valence-electron chi connectivity index (χ3n) is 4.24. The molecule has 0 bridgehead atoms. The number of hydrogen-bond donors (Lipinski definition) is 2. The van der Waals surface area contributed by atoms with E-state index in [1.165, 1.54) is 0 Å². The molecule has 0 atom stereocenters. The predicted octanol–water partition coefficient (Wildman–Crippen LogP) is 4.18. The largest absolute Gasteiger partial charge is 0.397 e. The molecule has 0 spiro atoms. The van der Waals surface area contributed by atoms with Crippen LogP contribution >= 0.6 is 0 Å². The van der Waals surface area contributed by atoms with Gasteiger partial charge in [0, 0.05) is 12.2 Å². The Morgan fingerprint density at radius 1 is 0.750 bits per heavy atom. The first kappa shape index (κ1) is 16.1. The summed E-state index contributed by atoms with van der Waals surface area (Å²) in [5.41, 5.74) is 15.7. The van der Waals surface area contributed by atoms with Crippen LogP contribution in [0.25, 0.3) is 0 Å². The first-order valence-corrected chi connectivity index (χ1v) is 8.09. The van der Waals surface area contributed by atoms with Gasteiger partial charge in [0.15, 0.2) is 0 Å². The molecule has 24 heavy (non-hydrogen) atoms. The van der Waals surface area contributed by atoms with Gasteiger partial charge in [0.2, 0.25) is 0 Å². The second-order valence-electron chi connectivity index (χ2n) is 5.65. The molecule has 3 aromatic rings. The van der Waals surface area contributed by atoms with E-state index in [-0.39, 0.29) is 0 Å². The monoisotopic (exact) mass is 318 g/mol. The van der Waals surface area contributed by atoms with Gasteiger partial charge >= 0.3 is 0 Å². The number of nitrogen functional groups attached to an aromatic ring is 2. The number of anilines is 2. The van der Waals surface area contributed by atoms with E-state index in [0.29, 0.717) is 18.0 Å². The van der Waals surface area contributed by atoms with Crippen LogP contribution in [0, 0.1) is 0 Å². The lowest BCUT2D eigenvalue weighted by molar-refractivity contribution is 0.0221. The molecule has 3 rings (SSSR count). The van der Waals surface area contributed by atoms with Crippen molar-refractivity contribution >= 4 is 11.4 Å². The molecule has 0 fully saturated rings. The van der Waals surface area contributed by atoms with Crippen LogP contribution in [0.3, 0.4) is 0 Å². The number of rotatable bonds is 5. The molecule has 0 aliphatic rings. The molecule has 122 valence electrons. The fraction of sp³-hybridized carbons (Fsp3) is 0.143. The molecule has 0 heterocycles. The minimum Gasteiger partial charge on any atom is -0.397 e. The molecule has 0 saturated heterocycles. The first-order valence-electron chi connectivity index (χ1n) is 8.09. The van der Waals surface area contributed by atoms with Crippen LogP contribution in [0.1, 0.15) is 23.6 Å². The van der Waals surface area contributed by atoms with Gasteiger partial charge in [-0.25, -0.2) is 0 Å². The number of ether oxygens (including phenoxy) is 1. The summed E-state index contributed by atoms with van der Waals surface area (Å²) in [6.45, 7) is 2.53. The third-order valence-corrected chi connectivity index (χ3v) is 4.24. The highest BCUT2D eigenvalue weighted by atomic mass is 16.5. The van der Waals surface area contributed by atoms with E-state index < -0.39 is 5.60 Å². The third kappa shape index (κ3) is 2.63. The Morgan fingerprint density at radius 2 is 1.29 bits per heavy atom. The Labute approximate surface area is 142 Å². The molecule has 3 aromatic carbocycles. The van der Waals surface area contributed by atoms with Crippen LogP contribution in [0.4, 0.5) is 11.4 Å². The molecule has 3 nitrogen and oxygen atoms in total. The maximum Gasteiger partial charge on any atom is 0.145 e. The molecule has 0 radical (unpaired) electrons. The van der Waals surface area contributed by atoms with Gasteiger partial charge in [0.05, 0.1) is 11.4 Å². The standard InChI is InChI=1S/C21H22N2O/c1-2-24-21(16-10-5-3-6-11-16,17-12-7-4-8-13-17)18-14-9-15-19(22)20(18)23/h3-15H,2,22-23H2,1H3. The number of para-hydroxylation sites is 1. The lowest BCUT2D eigenvalue weighted by Gasteiger charge is -2.36. The van der Waals surface area contributed by atoms with Crippen molar-refractivity contribution < 1.29 is 4.74 Å². The summed E-state index contributed by atoms with van der Waals surface area (Å²) in [7, 11) is 0. The number of hydrogen-bond acceptors (Lipinski definition) is 3. The van der Waals surface area contributed by atoms with Gasteiger partial charge in [0.1, 0.15) is 5.60 Å². The zero-order valence-corrected chi connectivity index (χ0v) is 13.8. The van der Waals surface area contributed by atoms with Gasteiger partial charge in [-0.1, -0.05) is 72.8 Å². The van der Waals surface area contributed by atoms with E-state index in [0.717, 1.165) is 16.7 Å². The molecular formula is C21H22N2O. The van der Waals surface area contributed by atoms with E-state index in [1.807, 2.05) is 61.5 Å². The Kier molecular flexibility index (Phi) is 4.54. The fourth-order valence-electron chi connectivity index (χ4n) is 3.17.